The van der Waals surface area contributed by atoms with Gasteiger partial charge in [0.15, 0.2) is 0 Å². The van der Waals surface area contributed by atoms with Crippen molar-refractivity contribution in [1.29, 1.82) is 0 Å². The zero-order valence-corrected chi connectivity index (χ0v) is 13.3. The molecule has 0 fully saturated rings. The number of anilines is 1. The summed E-state index contributed by atoms with van der Waals surface area (Å²) in [6.07, 6.45) is -0.135. The highest BCUT2D eigenvalue weighted by molar-refractivity contribution is 7.89. The largest absolute Gasteiger partial charge is 0.398 e. The molecule has 0 spiro atoms. The van der Waals surface area contributed by atoms with Gasteiger partial charge in [0, 0.05) is 12.2 Å². The molecule has 0 heterocycles. The Hall–Kier alpha value is -1.11. The summed E-state index contributed by atoms with van der Waals surface area (Å²) in [4.78, 5) is 0.173. The van der Waals surface area contributed by atoms with E-state index in [9.17, 15) is 13.5 Å². The summed E-state index contributed by atoms with van der Waals surface area (Å²) >= 11 is 0. The fourth-order valence-corrected chi connectivity index (χ4v) is 3.47. The summed E-state index contributed by atoms with van der Waals surface area (Å²) in [5.41, 5.74) is 7.57. The Morgan fingerprint density at radius 3 is 2.45 bits per heavy atom. The molecule has 0 amide bonds. The van der Waals surface area contributed by atoms with Gasteiger partial charge in [-0.3, -0.25) is 0 Å². The van der Waals surface area contributed by atoms with Crippen molar-refractivity contribution in [3.05, 3.63) is 23.3 Å². The van der Waals surface area contributed by atoms with Gasteiger partial charge in [0.1, 0.15) is 0 Å². The summed E-state index contributed by atoms with van der Waals surface area (Å²) in [5, 5.41) is 9.76. The summed E-state index contributed by atoms with van der Waals surface area (Å²) in [5.74, 6) is 0.311. The highest BCUT2D eigenvalue weighted by atomic mass is 32.2. The fourth-order valence-electron chi connectivity index (χ4n) is 2.04. The number of aliphatic hydroxyl groups excluding tert-OH is 1. The van der Waals surface area contributed by atoms with Crippen LogP contribution in [0.5, 0.6) is 0 Å². The molecule has 5 nitrogen and oxygen atoms in total. The molecule has 1 unspecified atom stereocenters. The Morgan fingerprint density at radius 2 is 1.90 bits per heavy atom. The highest BCUT2D eigenvalue weighted by Gasteiger charge is 2.20. The van der Waals surface area contributed by atoms with Crippen molar-refractivity contribution in [2.45, 2.75) is 45.1 Å². The predicted molar refractivity (Wildman–Crippen MR) is 81.0 cm³/mol. The predicted octanol–water partition coefficient (Wildman–Crippen LogP) is 1.57. The Morgan fingerprint density at radius 1 is 1.30 bits per heavy atom. The molecule has 1 aromatic rings. The number of nitrogens with two attached hydrogens (primary N) is 1. The van der Waals surface area contributed by atoms with Gasteiger partial charge < -0.3 is 10.8 Å². The van der Waals surface area contributed by atoms with Crippen molar-refractivity contribution in [1.82, 2.24) is 4.72 Å². The number of aliphatic hydroxyl groups is 1. The first kappa shape index (κ1) is 16.9. The molecule has 0 saturated carbocycles. The smallest absolute Gasteiger partial charge is 0.241 e. The topological polar surface area (TPSA) is 92.4 Å². The van der Waals surface area contributed by atoms with Crippen molar-refractivity contribution in [3.63, 3.8) is 0 Å². The zero-order valence-electron chi connectivity index (χ0n) is 12.5. The number of benzene rings is 1. The molecule has 0 aliphatic rings. The van der Waals surface area contributed by atoms with Crippen LogP contribution in [0.25, 0.3) is 0 Å². The lowest BCUT2D eigenvalue weighted by molar-refractivity contribution is 0.152. The number of aryl methyl sites for hydroxylation is 1. The molecule has 0 aliphatic carbocycles. The van der Waals surface area contributed by atoms with Crippen LogP contribution in [-0.2, 0) is 10.0 Å². The van der Waals surface area contributed by atoms with Crippen LogP contribution in [0.1, 0.15) is 31.4 Å². The molecule has 4 N–H and O–H groups in total. The summed E-state index contributed by atoms with van der Waals surface area (Å²) in [6.45, 7) is 7.43. The van der Waals surface area contributed by atoms with Crippen LogP contribution in [0.15, 0.2) is 17.0 Å². The molecule has 6 heteroatoms. The lowest BCUT2D eigenvalue weighted by atomic mass is 10.1. The minimum Gasteiger partial charge on any atom is -0.398 e. The SMILES string of the molecule is Cc1cc(N)c(C)c(S(=O)(=O)NCC(O)CC(C)C)c1. The average molecular weight is 300 g/mol. The summed E-state index contributed by atoms with van der Waals surface area (Å²) in [6, 6.07) is 3.32. The lowest BCUT2D eigenvalue weighted by Gasteiger charge is -2.16. The fraction of sp³-hybridized carbons (Fsp3) is 0.571. The Kier molecular flexibility index (Phi) is 5.56. The van der Waals surface area contributed by atoms with Gasteiger partial charge in [-0.2, -0.15) is 0 Å². The molecule has 114 valence electrons. The third-order valence-electron chi connectivity index (χ3n) is 3.09. The van der Waals surface area contributed by atoms with E-state index in [-0.39, 0.29) is 11.4 Å². The van der Waals surface area contributed by atoms with Crippen molar-refractivity contribution in [2.24, 2.45) is 5.92 Å². The lowest BCUT2D eigenvalue weighted by Crippen LogP contribution is -2.33. The number of hydrogen-bond donors (Lipinski definition) is 3. The molecule has 20 heavy (non-hydrogen) atoms. The third kappa shape index (κ3) is 4.47. The van der Waals surface area contributed by atoms with Gasteiger partial charge in [0.25, 0.3) is 0 Å². The monoisotopic (exact) mass is 300 g/mol. The number of rotatable bonds is 6. The number of sulfonamides is 1. The Labute approximate surface area is 121 Å². The van der Waals surface area contributed by atoms with E-state index in [0.717, 1.165) is 5.56 Å². The van der Waals surface area contributed by atoms with Crippen LogP contribution in [0.3, 0.4) is 0 Å². The van der Waals surface area contributed by atoms with Crippen molar-refractivity contribution in [3.8, 4) is 0 Å². The molecule has 0 saturated heterocycles. The minimum absolute atomic E-state index is 0.00774. The van der Waals surface area contributed by atoms with Crippen LogP contribution in [0, 0.1) is 19.8 Å². The second-order valence-corrected chi connectivity index (χ2v) is 7.35. The van der Waals surface area contributed by atoms with E-state index in [1.807, 2.05) is 13.8 Å². The van der Waals surface area contributed by atoms with Crippen LogP contribution >= 0.6 is 0 Å². The molecular formula is C14H24N2O3S. The molecule has 0 aliphatic heterocycles. The van der Waals surface area contributed by atoms with E-state index in [1.54, 1.807) is 26.0 Å². The highest BCUT2D eigenvalue weighted by Crippen LogP contribution is 2.22. The van der Waals surface area contributed by atoms with Gasteiger partial charge in [-0.15, -0.1) is 0 Å². The molecule has 0 aromatic heterocycles. The molecular weight excluding hydrogens is 276 g/mol. The third-order valence-corrected chi connectivity index (χ3v) is 4.64. The first-order valence-electron chi connectivity index (χ1n) is 6.68. The van der Waals surface area contributed by atoms with E-state index in [4.69, 9.17) is 5.73 Å². The molecule has 1 aromatic carbocycles. The zero-order chi connectivity index (χ0) is 15.5. The van der Waals surface area contributed by atoms with Crippen molar-refractivity contribution < 1.29 is 13.5 Å². The minimum atomic E-state index is -3.66. The molecule has 1 atom stereocenters. The van der Waals surface area contributed by atoms with E-state index in [2.05, 4.69) is 4.72 Å². The standard InChI is InChI=1S/C14H24N2O3S/c1-9(2)5-12(17)8-16-20(18,19)14-7-10(3)6-13(15)11(14)4/h6-7,9,12,16-17H,5,8,15H2,1-4H3. The maximum absolute atomic E-state index is 12.3. The number of hydrogen-bond acceptors (Lipinski definition) is 4. The van der Waals surface area contributed by atoms with Gasteiger partial charge in [0.2, 0.25) is 10.0 Å². The van der Waals surface area contributed by atoms with Crippen LogP contribution < -0.4 is 10.5 Å². The second-order valence-electron chi connectivity index (χ2n) is 5.61. The molecule has 1 rings (SSSR count). The van der Waals surface area contributed by atoms with Gasteiger partial charge in [0.05, 0.1) is 11.0 Å². The van der Waals surface area contributed by atoms with Crippen molar-refractivity contribution in [2.75, 3.05) is 12.3 Å². The van der Waals surface area contributed by atoms with E-state index >= 15 is 0 Å². The maximum Gasteiger partial charge on any atom is 0.241 e. The Balaban J connectivity index is 2.90. The van der Waals surface area contributed by atoms with Crippen LogP contribution in [-0.4, -0.2) is 26.2 Å². The summed E-state index contributed by atoms with van der Waals surface area (Å²) < 4.78 is 27.0. The summed E-state index contributed by atoms with van der Waals surface area (Å²) in [7, 11) is -3.66. The number of nitrogens with one attached hydrogen (secondary N) is 1. The van der Waals surface area contributed by atoms with Crippen LogP contribution in [0.4, 0.5) is 5.69 Å². The van der Waals surface area contributed by atoms with E-state index in [0.29, 0.717) is 23.6 Å². The molecule has 0 bridgehead atoms. The van der Waals surface area contributed by atoms with Gasteiger partial charge >= 0.3 is 0 Å². The van der Waals surface area contributed by atoms with Crippen LogP contribution in [0.2, 0.25) is 0 Å². The first-order chi connectivity index (χ1) is 9.13. The van der Waals surface area contributed by atoms with E-state index in [1.165, 1.54) is 0 Å². The Bertz CT molecular complexity index is 568. The maximum atomic E-state index is 12.3. The first-order valence-corrected chi connectivity index (χ1v) is 8.16. The quantitative estimate of drug-likeness (QED) is 0.695. The number of nitrogen functional groups attached to an aromatic ring is 1. The van der Waals surface area contributed by atoms with Gasteiger partial charge in [-0.05, 0) is 49.4 Å². The average Bonchev–Trinajstić information content (AvgIpc) is 2.30. The van der Waals surface area contributed by atoms with Crippen molar-refractivity contribution >= 4 is 15.7 Å². The second kappa shape index (κ2) is 6.56. The van der Waals surface area contributed by atoms with E-state index < -0.39 is 16.1 Å². The van der Waals surface area contributed by atoms with Gasteiger partial charge in [-0.1, -0.05) is 13.8 Å². The molecule has 0 radical (unpaired) electrons. The van der Waals surface area contributed by atoms with Gasteiger partial charge in [-0.25, -0.2) is 13.1 Å². The normalized spacial score (nSPS) is 13.7.